The first-order valence-corrected chi connectivity index (χ1v) is 32.0. The van der Waals surface area contributed by atoms with Gasteiger partial charge < -0.3 is 16.0 Å². The number of ketones is 6. The number of nitrogens with zero attached hydrogens (tertiary/aromatic N) is 5. The van der Waals surface area contributed by atoms with E-state index in [0.717, 1.165) is 73.0 Å². The fourth-order valence-corrected chi connectivity index (χ4v) is 13.3. The summed E-state index contributed by atoms with van der Waals surface area (Å²) in [5, 5.41) is 12.8. The normalized spacial score (nSPS) is 18.1. The SMILES string of the molecule is CC#Cc1ccc(C(=O)NCCC2CC(=O)C(c3c(C)cc(C)cc3C)C2=O)nc1.Cc1cc(-n2cc(Cl)cn2)cc(C)c1C1C(=O)CC(CCNC(=O)c2nc(Br)ccc2F)C1=O.Cc1cc(C)c(C2C(=O)CC(CCNC(=O)c3ccc(C=C(F)F)cn3)C2=O)c(C)c1. The Balaban J connectivity index is 0.000000183. The molecule has 492 valence electrons. The monoisotopic (exact) mass is 1370 g/mol. The molecule has 3 amide bonds. The number of carbonyl (C=O) groups excluding carboxylic acids is 9. The summed E-state index contributed by atoms with van der Waals surface area (Å²) in [5.41, 5.74) is 11.8. The molecule has 4 aromatic heterocycles. The quantitative estimate of drug-likeness (QED) is 0.0437. The number of amides is 3. The Morgan fingerprint density at radius 2 is 1.01 bits per heavy atom. The van der Waals surface area contributed by atoms with Crippen LogP contribution in [0.25, 0.3) is 11.8 Å². The molecule has 3 saturated carbocycles. The third-order valence-electron chi connectivity index (χ3n) is 17.0. The average Bonchev–Trinajstić information content (AvgIpc) is 1.60. The average molecular weight is 1380 g/mol. The molecule has 0 aliphatic heterocycles. The maximum atomic E-state index is 13.9. The van der Waals surface area contributed by atoms with E-state index < -0.39 is 53.3 Å². The zero-order valence-corrected chi connectivity index (χ0v) is 56.3. The molecule has 0 spiro atoms. The number of benzene rings is 3. The van der Waals surface area contributed by atoms with Crippen molar-refractivity contribution in [1.29, 1.82) is 0 Å². The van der Waals surface area contributed by atoms with Gasteiger partial charge in [0.15, 0.2) is 28.9 Å². The molecule has 17 nitrogen and oxygen atoms in total. The van der Waals surface area contributed by atoms with Gasteiger partial charge >= 0.3 is 0 Å². The number of hydrogen-bond donors (Lipinski definition) is 3. The van der Waals surface area contributed by atoms with Crippen LogP contribution in [-0.4, -0.2) is 96.8 Å². The Hall–Kier alpha value is -9.39. The topological polar surface area (TPSA) is 246 Å². The first-order chi connectivity index (χ1) is 45.1. The Morgan fingerprint density at radius 3 is 1.39 bits per heavy atom. The van der Waals surface area contributed by atoms with Gasteiger partial charge in [-0.3, -0.25) is 48.1 Å². The van der Waals surface area contributed by atoms with Gasteiger partial charge in [-0.2, -0.15) is 13.9 Å². The highest BCUT2D eigenvalue weighted by Crippen LogP contribution is 2.40. The molecule has 0 radical (unpaired) electrons. The van der Waals surface area contributed by atoms with E-state index in [1.54, 1.807) is 36.1 Å². The van der Waals surface area contributed by atoms with Gasteiger partial charge in [-0.05, 0) is 196 Å². The maximum Gasteiger partial charge on any atom is 0.272 e. The van der Waals surface area contributed by atoms with E-state index in [1.807, 2.05) is 91.8 Å². The zero-order valence-electron chi connectivity index (χ0n) is 53.9. The van der Waals surface area contributed by atoms with Crippen LogP contribution in [0.15, 0.2) is 108 Å². The number of rotatable bonds is 17. The van der Waals surface area contributed by atoms with Gasteiger partial charge in [0.1, 0.15) is 51.1 Å². The summed E-state index contributed by atoms with van der Waals surface area (Å²) in [7, 11) is 0. The second kappa shape index (κ2) is 31.7. The summed E-state index contributed by atoms with van der Waals surface area (Å²) in [4.78, 5) is 126. The Bertz CT molecular complexity index is 4220. The van der Waals surface area contributed by atoms with Crippen molar-refractivity contribution >= 4 is 86.0 Å². The molecule has 3 fully saturated rings. The molecule has 4 heterocycles. The van der Waals surface area contributed by atoms with Crippen molar-refractivity contribution in [2.24, 2.45) is 17.8 Å². The number of aryl methyl sites for hydroxylation is 8. The number of hydrogen-bond acceptors (Lipinski definition) is 13. The van der Waals surface area contributed by atoms with Crippen LogP contribution in [0.2, 0.25) is 5.02 Å². The third-order valence-corrected chi connectivity index (χ3v) is 17.7. The first-order valence-electron chi connectivity index (χ1n) is 30.8. The zero-order chi connectivity index (χ0) is 69.1. The van der Waals surface area contributed by atoms with Crippen LogP contribution in [0.4, 0.5) is 13.2 Å². The Kier molecular flexibility index (Phi) is 23.8. The van der Waals surface area contributed by atoms with Crippen molar-refractivity contribution in [3.8, 4) is 17.5 Å². The molecule has 0 bridgehead atoms. The van der Waals surface area contributed by atoms with Gasteiger partial charge in [-0.1, -0.05) is 59.0 Å². The number of pyridine rings is 3. The summed E-state index contributed by atoms with van der Waals surface area (Å²) in [6.45, 7) is 17.8. The summed E-state index contributed by atoms with van der Waals surface area (Å²) < 4.78 is 40.3. The predicted octanol–water partition coefficient (Wildman–Crippen LogP) is 12.2. The van der Waals surface area contributed by atoms with Gasteiger partial charge in [0.2, 0.25) is 0 Å². The van der Waals surface area contributed by atoms with E-state index >= 15 is 0 Å². The summed E-state index contributed by atoms with van der Waals surface area (Å²) in [5.74, 6) is -0.623. The lowest BCUT2D eigenvalue weighted by Gasteiger charge is -2.17. The van der Waals surface area contributed by atoms with Gasteiger partial charge in [0, 0.05) is 86.9 Å². The summed E-state index contributed by atoms with van der Waals surface area (Å²) in [6.07, 6.45) is 6.36. The maximum absolute atomic E-state index is 13.9. The van der Waals surface area contributed by atoms with E-state index in [1.165, 1.54) is 30.6 Å². The van der Waals surface area contributed by atoms with Crippen molar-refractivity contribution in [3.05, 3.63) is 209 Å². The fourth-order valence-electron chi connectivity index (χ4n) is 12.9. The standard InChI is InChI=1S/C25H26N2O3.C24H21BrClFN4O3.C24H24F2N2O3/c1-5-6-18-7-8-20(27-14-18)25(30)26-10-9-19-13-21(28)23(24(19)29)22-16(3)11-15(2)12-17(22)4;1-12-7-16(31-11-15(26)10-29-31)8-13(2)20(12)21-18(32)9-14(23(21)33)5-6-28-24(34)22-17(27)3-4-19(25)30-22;1-13-8-14(2)21(15(3)9-13)22-19(29)11-17(23(22)30)6-7-27-24(31)18-5-4-16(12-28-18)10-20(25)26/h7-8,11-12,14,19,23H,9-10,13H2,1-4H3,(H,26,30);3-4,7-8,10-11,14,21H,5-6,9H2,1-2H3,(H,28,34);4-5,8-10,12,17,22H,6-7,11H2,1-3H3,(H,27,31). The van der Waals surface area contributed by atoms with E-state index in [-0.39, 0.29) is 102 Å². The van der Waals surface area contributed by atoms with Gasteiger partial charge in [-0.15, -0.1) is 5.92 Å². The molecule has 3 N–H and O–H groups in total. The molecule has 0 saturated heterocycles. The highest BCUT2D eigenvalue weighted by Gasteiger charge is 2.45. The van der Waals surface area contributed by atoms with E-state index in [0.29, 0.717) is 46.3 Å². The van der Waals surface area contributed by atoms with Crippen LogP contribution >= 0.6 is 27.5 Å². The number of carbonyl (C=O) groups is 9. The molecule has 7 aromatic rings. The van der Waals surface area contributed by atoms with Crippen molar-refractivity contribution in [1.82, 2.24) is 40.7 Å². The van der Waals surface area contributed by atoms with E-state index in [2.05, 4.69) is 63.8 Å². The summed E-state index contributed by atoms with van der Waals surface area (Å²) in [6, 6.07) is 20.4. The molecule has 22 heteroatoms. The van der Waals surface area contributed by atoms with Crippen LogP contribution in [0, 0.1) is 90.8 Å². The molecule has 3 aliphatic rings. The van der Waals surface area contributed by atoms with Crippen LogP contribution in [0.1, 0.15) is 167 Å². The smallest absolute Gasteiger partial charge is 0.272 e. The highest BCUT2D eigenvalue weighted by molar-refractivity contribution is 9.10. The minimum absolute atomic E-state index is 0.0272. The fraction of sp³-hybridized carbons (Fsp3) is 0.329. The molecule has 10 rings (SSSR count). The highest BCUT2D eigenvalue weighted by atomic mass is 79.9. The molecule has 3 aromatic carbocycles. The van der Waals surface area contributed by atoms with Gasteiger partial charge in [-0.25, -0.2) is 19.0 Å². The first kappa shape index (κ1) is 71.5. The Morgan fingerprint density at radius 1 is 0.589 bits per heavy atom. The molecular formula is C73H71BrClF3N8O9. The molecule has 3 aliphatic carbocycles. The van der Waals surface area contributed by atoms with Crippen molar-refractivity contribution in [3.63, 3.8) is 0 Å². The lowest BCUT2D eigenvalue weighted by molar-refractivity contribution is -0.126. The van der Waals surface area contributed by atoms with E-state index in [9.17, 15) is 56.3 Å². The largest absolute Gasteiger partial charge is 0.351 e. The second-order valence-electron chi connectivity index (χ2n) is 24.1. The van der Waals surface area contributed by atoms with Crippen molar-refractivity contribution < 1.29 is 56.3 Å². The summed E-state index contributed by atoms with van der Waals surface area (Å²) >= 11 is 9.08. The van der Waals surface area contributed by atoms with Crippen LogP contribution in [0.5, 0.6) is 0 Å². The minimum Gasteiger partial charge on any atom is -0.351 e. The number of halogens is 5. The van der Waals surface area contributed by atoms with Crippen molar-refractivity contribution in [2.45, 2.75) is 119 Å². The van der Waals surface area contributed by atoms with Gasteiger partial charge in [0.05, 0.1) is 16.9 Å². The number of aromatic nitrogens is 5. The predicted molar refractivity (Wildman–Crippen MR) is 356 cm³/mol. The molecule has 95 heavy (non-hydrogen) atoms. The van der Waals surface area contributed by atoms with Crippen LogP contribution in [-0.2, 0) is 28.8 Å². The number of nitrogens with one attached hydrogen (secondary N) is 3. The van der Waals surface area contributed by atoms with Crippen LogP contribution < -0.4 is 16.0 Å². The number of Topliss-reactive ketones (excluding diaryl/α,β-unsaturated/α-hetero) is 6. The van der Waals surface area contributed by atoms with Gasteiger partial charge in [0.25, 0.3) is 23.8 Å². The minimum atomic E-state index is -1.84. The second-order valence-corrected chi connectivity index (χ2v) is 25.4. The van der Waals surface area contributed by atoms with Crippen molar-refractivity contribution in [2.75, 3.05) is 19.6 Å². The third kappa shape index (κ3) is 17.5. The van der Waals surface area contributed by atoms with Crippen LogP contribution in [0.3, 0.4) is 0 Å². The lowest BCUT2D eigenvalue weighted by atomic mass is 9.86. The molecule has 6 unspecified atom stereocenters. The molecular weight excluding hydrogens is 1310 g/mol. The Labute approximate surface area is 562 Å². The van der Waals surface area contributed by atoms with E-state index in [4.69, 9.17) is 11.6 Å². The molecule has 6 atom stereocenters. The lowest BCUT2D eigenvalue weighted by Crippen LogP contribution is -2.28.